The number of halogens is 1. The Kier molecular flexibility index (Phi) is 4.25. The molecule has 0 atom stereocenters. The zero-order valence-electron chi connectivity index (χ0n) is 11.0. The molecule has 1 N–H and O–H groups in total. The van der Waals surface area contributed by atoms with Crippen molar-refractivity contribution in [2.75, 3.05) is 0 Å². The van der Waals surface area contributed by atoms with Crippen molar-refractivity contribution >= 4 is 23.4 Å². The second-order valence-corrected chi connectivity index (χ2v) is 4.80. The summed E-state index contributed by atoms with van der Waals surface area (Å²) in [7, 11) is 0. The standard InChI is InChI=1S/C15H14ClNO3/c1-2-17-12(9-14(18)19)6-7-13(17)15(20)10-4-3-5-11(16)8-10/h3-8H,2,9H2,1H3,(H,18,19). The van der Waals surface area contributed by atoms with E-state index < -0.39 is 5.97 Å². The molecule has 2 aromatic rings. The normalized spacial score (nSPS) is 10.5. The Balaban J connectivity index is 2.40. The molecule has 20 heavy (non-hydrogen) atoms. The largest absolute Gasteiger partial charge is 0.481 e. The minimum Gasteiger partial charge on any atom is -0.481 e. The van der Waals surface area contributed by atoms with E-state index >= 15 is 0 Å². The van der Waals surface area contributed by atoms with Crippen LogP contribution in [0.25, 0.3) is 0 Å². The summed E-state index contributed by atoms with van der Waals surface area (Å²) < 4.78 is 1.72. The quantitative estimate of drug-likeness (QED) is 0.862. The Morgan fingerprint density at radius 3 is 2.60 bits per heavy atom. The Morgan fingerprint density at radius 1 is 1.25 bits per heavy atom. The van der Waals surface area contributed by atoms with Crippen molar-refractivity contribution in [1.29, 1.82) is 0 Å². The first-order valence-corrected chi connectivity index (χ1v) is 6.61. The molecule has 1 heterocycles. The zero-order chi connectivity index (χ0) is 14.7. The molecule has 2 rings (SSSR count). The van der Waals surface area contributed by atoms with E-state index in [0.29, 0.717) is 28.5 Å². The van der Waals surface area contributed by atoms with Gasteiger partial charge in [0.05, 0.1) is 12.1 Å². The van der Waals surface area contributed by atoms with Gasteiger partial charge in [0.15, 0.2) is 0 Å². The SMILES string of the molecule is CCn1c(CC(=O)O)ccc1C(=O)c1cccc(Cl)c1. The third kappa shape index (κ3) is 2.91. The van der Waals surface area contributed by atoms with Gasteiger partial charge in [-0.1, -0.05) is 23.7 Å². The minimum absolute atomic E-state index is 0.101. The van der Waals surface area contributed by atoms with Crippen molar-refractivity contribution in [3.8, 4) is 0 Å². The number of rotatable bonds is 5. The Hall–Kier alpha value is -2.07. The lowest BCUT2D eigenvalue weighted by atomic mass is 10.1. The zero-order valence-corrected chi connectivity index (χ0v) is 11.7. The maximum absolute atomic E-state index is 12.5. The topological polar surface area (TPSA) is 59.3 Å². The van der Waals surface area contributed by atoms with E-state index in [0.717, 1.165) is 0 Å². The van der Waals surface area contributed by atoms with Crippen molar-refractivity contribution in [3.63, 3.8) is 0 Å². The monoisotopic (exact) mass is 291 g/mol. The van der Waals surface area contributed by atoms with Crippen LogP contribution in [0.4, 0.5) is 0 Å². The summed E-state index contributed by atoms with van der Waals surface area (Å²) in [5.74, 6) is -1.08. The lowest BCUT2D eigenvalue weighted by Crippen LogP contribution is -2.13. The van der Waals surface area contributed by atoms with E-state index in [4.69, 9.17) is 16.7 Å². The summed E-state index contributed by atoms with van der Waals surface area (Å²) >= 11 is 5.89. The molecule has 0 radical (unpaired) electrons. The Labute approximate surface area is 121 Å². The summed E-state index contributed by atoms with van der Waals surface area (Å²) in [6.07, 6.45) is -0.101. The van der Waals surface area contributed by atoms with Crippen LogP contribution in [0.1, 0.15) is 28.7 Å². The van der Waals surface area contributed by atoms with Crippen LogP contribution in [0.15, 0.2) is 36.4 Å². The number of benzene rings is 1. The molecule has 0 unspecified atom stereocenters. The molecule has 5 heteroatoms. The van der Waals surface area contributed by atoms with Gasteiger partial charge in [-0.25, -0.2) is 0 Å². The fourth-order valence-electron chi connectivity index (χ4n) is 2.17. The summed E-state index contributed by atoms with van der Waals surface area (Å²) in [6.45, 7) is 2.41. The number of ketones is 1. The van der Waals surface area contributed by atoms with Gasteiger partial charge >= 0.3 is 5.97 Å². The van der Waals surface area contributed by atoms with E-state index in [-0.39, 0.29) is 12.2 Å². The van der Waals surface area contributed by atoms with Crippen LogP contribution in [-0.2, 0) is 17.8 Å². The predicted octanol–water partition coefficient (Wildman–Crippen LogP) is 3.02. The molecule has 4 nitrogen and oxygen atoms in total. The highest BCUT2D eigenvalue weighted by atomic mass is 35.5. The first kappa shape index (κ1) is 14.3. The summed E-state index contributed by atoms with van der Waals surface area (Å²) in [5.41, 5.74) is 1.59. The van der Waals surface area contributed by atoms with Gasteiger partial charge in [-0.15, -0.1) is 0 Å². The third-order valence-corrected chi connectivity index (χ3v) is 3.27. The fraction of sp³-hybridized carbons (Fsp3) is 0.200. The van der Waals surface area contributed by atoms with Gasteiger partial charge in [0.25, 0.3) is 0 Å². The molecule has 0 bridgehead atoms. The average molecular weight is 292 g/mol. The minimum atomic E-state index is -0.917. The van der Waals surface area contributed by atoms with Gasteiger partial charge in [0.1, 0.15) is 0 Å². The van der Waals surface area contributed by atoms with Gasteiger partial charge in [0, 0.05) is 22.8 Å². The number of hydrogen-bond donors (Lipinski definition) is 1. The number of aliphatic carboxylic acids is 1. The lowest BCUT2D eigenvalue weighted by Gasteiger charge is -2.09. The molecular weight excluding hydrogens is 278 g/mol. The number of hydrogen-bond acceptors (Lipinski definition) is 2. The molecule has 0 amide bonds. The fourth-order valence-corrected chi connectivity index (χ4v) is 2.36. The molecule has 0 spiro atoms. The Bertz CT molecular complexity index is 661. The highest BCUT2D eigenvalue weighted by Gasteiger charge is 2.17. The highest BCUT2D eigenvalue weighted by Crippen LogP contribution is 2.18. The molecular formula is C15H14ClNO3. The maximum atomic E-state index is 12.5. The molecule has 104 valence electrons. The van der Waals surface area contributed by atoms with Crippen LogP contribution >= 0.6 is 11.6 Å². The van der Waals surface area contributed by atoms with E-state index in [1.807, 2.05) is 6.92 Å². The predicted molar refractivity (Wildman–Crippen MR) is 76.3 cm³/mol. The molecule has 0 saturated heterocycles. The maximum Gasteiger partial charge on any atom is 0.309 e. The van der Waals surface area contributed by atoms with Gasteiger partial charge in [-0.3, -0.25) is 9.59 Å². The lowest BCUT2D eigenvalue weighted by molar-refractivity contribution is -0.136. The summed E-state index contributed by atoms with van der Waals surface area (Å²) in [4.78, 5) is 23.3. The molecule has 0 saturated carbocycles. The molecule has 0 aliphatic rings. The van der Waals surface area contributed by atoms with E-state index in [9.17, 15) is 9.59 Å². The molecule has 0 aliphatic heterocycles. The van der Waals surface area contributed by atoms with Crippen LogP contribution in [0.3, 0.4) is 0 Å². The average Bonchev–Trinajstić information content (AvgIpc) is 2.79. The molecule has 1 aromatic heterocycles. The van der Waals surface area contributed by atoms with Crippen LogP contribution in [0, 0.1) is 0 Å². The van der Waals surface area contributed by atoms with Crippen LogP contribution in [-0.4, -0.2) is 21.4 Å². The van der Waals surface area contributed by atoms with Gasteiger partial charge in [0.2, 0.25) is 5.78 Å². The number of carboxylic acids is 1. The molecule has 0 aliphatic carbocycles. The number of carbonyl (C=O) groups excluding carboxylic acids is 1. The molecule has 0 fully saturated rings. The number of carbonyl (C=O) groups is 2. The van der Waals surface area contributed by atoms with Crippen molar-refractivity contribution in [2.45, 2.75) is 19.9 Å². The van der Waals surface area contributed by atoms with E-state index in [1.165, 1.54) is 0 Å². The van der Waals surface area contributed by atoms with Gasteiger partial charge in [-0.05, 0) is 31.2 Å². The second-order valence-electron chi connectivity index (χ2n) is 4.36. The van der Waals surface area contributed by atoms with Gasteiger partial charge in [-0.2, -0.15) is 0 Å². The number of aromatic nitrogens is 1. The number of nitrogens with zero attached hydrogens (tertiary/aromatic N) is 1. The van der Waals surface area contributed by atoms with Crippen molar-refractivity contribution in [2.24, 2.45) is 0 Å². The van der Waals surface area contributed by atoms with Crippen LogP contribution in [0.2, 0.25) is 5.02 Å². The summed E-state index contributed by atoms with van der Waals surface area (Å²) in [5, 5.41) is 9.37. The molecule has 1 aromatic carbocycles. The first-order chi connectivity index (χ1) is 9.52. The van der Waals surface area contributed by atoms with Crippen LogP contribution < -0.4 is 0 Å². The third-order valence-electron chi connectivity index (χ3n) is 3.04. The summed E-state index contributed by atoms with van der Waals surface area (Å²) in [6, 6.07) is 10.0. The second kappa shape index (κ2) is 5.92. The Morgan fingerprint density at radius 2 is 2.00 bits per heavy atom. The van der Waals surface area contributed by atoms with Crippen LogP contribution in [0.5, 0.6) is 0 Å². The van der Waals surface area contributed by atoms with E-state index in [1.54, 1.807) is 41.0 Å². The highest BCUT2D eigenvalue weighted by molar-refractivity contribution is 6.31. The van der Waals surface area contributed by atoms with Gasteiger partial charge < -0.3 is 9.67 Å². The van der Waals surface area contributed by atoms with E-state index in [2.05, 4.69) is 0 Å². The smallest absolute Gasteiger partial charge is 0.309 e. The van der Waals surface area contributed by atoms with Crippen molar-refractivity contribution in [1.82, 2.24) is 4.57 Å². The first-order valence-electron chi connectivity index (χ1n) is 6.23. The number of carboxylic acid groups (broad SMARTS) is 1. The van der Waals surface area contributed by atoms with Crippen molar-refractivity contribution < 1.29 is 14.7 Å². The van der Waals surface area contributed by atoms with Crippen molar-refractivity contribution in [3.05, 3.63) is 58.4 Å².